The number of fused-ring (bicyclic) bond motifs is 1. The summed E-state index contributed by atoms with van der Waals surface area (Å²) < 4.78 is 27.6. The first-order valence-corrected chi connectivity index (χ1v) is 5.72. The number of aromatic nitrogens is 2. The minimum absolute atomic E-state index is 0.103. The van der Waals surface area contributed by atoms with Crippen LogP contribution in [0.4, 0.5) is 8.78 Å². The van der Waals surface area contributed by atoms with Gasteiger partial charge in [0.2, 0.25) is 0 Å². The summed E-state index contributed by atoms with van der Waals surface area (Å²) in [5.74, 6) is -1.73. The number of hydrogen-bond donors (Lipinski definition) is 1. The summed E-state index contributed by atoms with van der Waals surface area (Å²) in [6.45, 7) is 0. The molecule has 0 aliphatic carbocycles. The highest BCUT2D eigenvalue weighted by atomic mass is 19.1. The molecule has 0 aliphatic heterocycles. The molecule has 1 aromatic heterocycles. The Kier molecular flexibility index (Phi) is 2.71. The second-order valence-electron chi connectivity index (χ2n) is 4.19. The van der Waals surface area contributed by atoms with E-state index in [9.17, 15) is 18.7 Å². The van der Waals surface area contributed by atoms with E-state index in [1.54, 1.807) is 0 Å². The van der Waals surface area contributed by atoms with E-state index < -0.39 is 17.2 Å². The summed E-state index contributed by atoms with van der Waals surface area (Å²) in [6, 6.07) is 7.26. The highest BCUT2D eigenvalue weighted by Gasteiger charge is 2.11. The van der Waals surface area contributed by atoms with Crippen LogP contribution in [0.5, 0.6) is 5.75 Å². The fourth-order valence-electron chi connectivity index (χ4n) is 1.99. The van der Waals surface area contributed by atoms with Crippen molar-refractivity contribution >= 4 is 10.9 Å². The van der Waals surface area contributed by atoms with Crippen LogP contribution >= 0.6 is 0 Å². The molecule has 1 heterocycles. The van der Waals surface area contributed by atoms with Crippen molar-refractivity contribution in [1.29, 1.82) is 0 Å². The normalized spacial score (nSPS) is 10.9. The standard InChI is InChI=1S/C14H8F2N2O2/c15-8-4-5-11(10(16)6-8)18-7-17-13-9(14(18)20)2-1-3-12(13)19/h1-7,19H. The second-order valence-corrected chi connectivity index (χ2v) is 4.19. The molecule has 0 saturated carbocycles. The molecule has 3 rings (SSSR count). The summed E-state index contributed by atoms with van der Waals surface area (Å²) in [6.07, 6.45) is 1.10. The van der Waals surface area contributed by atoms with Crippen molar-refractivity contribution < 1.29 is 13.9 Å². The van der Waals surface area contributed by atoms with E-state index in [4.69, 9.17) is 0 Å². The number of phenolic OH excluding ortho intramolecular Hbond substituents is 1. The number of rotatable bonds is 1. The fraction of sp³-hybridized carbons (Fsp3) is 0. The van der Waals surface area contributed by atoms with Gasteiger partial charge in [0, 0.05) is 6.07 Å². The van der Waals surface area contributed by atoms with Gasteiger partial charge in [0.15, 0.2) is 0 Å². The van der Waals surface area contributed by atoms with Gasteiger partial charge in [-0.15, -0.1) is 0 Å². The van der Waals surface area contributed by atoms with Crippen LogP contribution in [0.15, 0.2) is 47.5 Å². The molecule has 0 spiro atoms. The van der Waals surface area contributed by atoms with Crippen LogP contribution < -0.4 is 5.56 Å². The maximum Gasteiger partial charge on any atom is 0.265 e. The maximum absolute atomic E-state index is 13.7. The topological polar surface area (TPSA) is 55.1 Å². The molecule has 0 radical (unpaired) electrons. The molecule has 4 nitrogen and oxygen atoms in total. The third kappa shape index (κ3) is 1.82. The Hall–Kier alpha value is -2.76. The average Bonchev–Trinajstić information content (AvgIpc) is 2.41. The predicted molar refractivity (Wildman–Crippen MR) is 68.9 cm³/mol. The van der Waals surface area contributed by atoms with Gasteiger partial charge in [-0.1, -0.05) is 6.07 Å². The SMILES string of the molecule is O=c1c2cccc(O)c2ncn1-c1ccc(F)cc1F. The van der Waals surface area contributed by atoms with E-state index in [1.165, 1.54) is 18.2 Å². The molecule has 0 amide bonds. The summed E-state index contributed by atoms with van der Waals surface area (Å²) in [4.78, 5) is 16.2. The van der Waals surface area contributed by atoms with E-state index in [0.717, 1.165) is 23.0 Å². The molecule has 20 heavy (non-hydrogen) atoms. The third-order valence-corrected chi connectivity index (χ3v) is 2.94. The highest BCUT2D eigenvalue weighted by molar-refractivity contribution is 5.83. The van der Waals surface area contributed by atoms with Gasteiger partial charge in [-0.3, -0.25) is 9.36 Å². The first-order valence-electron chi connectivity index (χ1n) is 5.72. The predicted octanol–water partition coefficient (Wildman–Crippen LogP) is 2.37. The Labute approximate surface area is 111 Å². The number of aromatic hydroxyl groups is 1. The van der Waals surface area contributed by atoms with Crippen LogP contribution in [0.25, 0.3) is 16.6 Å². The average molecular weight is 274 g/mol. The van der Waals surface area contributed by atoms with Gasteiger partial charge in [0.1, 0.15) is 29.2 Å². The molecular weight excluding hydrogens is 266 g/mol. The minimum Gasteiger partial charge on any atom is -0.506 e. The van der Waals surface area contributed by atoms with Gasteiger partial charge in [-0.2, -0.15) is 0 Å². The van der Waals surface area contributed by atoms with Gasteiger partial charge in [-0.25, -0.2) is 13.8 Å². The van der Waals surface area contributed by atoms with Crippen LogP contribution in [0.3, 0.4) is 0 Å². The summed E-state index contributed by atoms with van der Waals surface area (Å²) >= 11 is 0. The number of benzene rings is 2. The van der Waals surface area contributed by atoms with Crippen LogP contribution in [-0.4, -0.2) is 14.7 Å². The lowest BCUT2D eigenvalue weighted by atomic mass is 10.2. The van der Waals surface area contributed by atoms with Crippen molar-refractivity contribution in [2.24, 2.45) is 0 Å². The first kappa shape index (κ1) is 12.3. The van der Waals surface area contributed by atoms with Gasteiger partial charge in [0.25, 0.3) is 5.56 Å². The van der Waals surface area contributed by atoms with E-state index in [2.05, 4.69) is 4.98 Å². The van der Waals surface area contributed by atoms with Crippen LogP contribution in [0.1, 0.15) is 0 Å². The van der Waals surface area contributed by atoms with Crippen LogP contribution in [-0.2, 0) is 0 Å². The Morgan fingerprint density at radius 2 is 1.95 bits per heavy atom. The van der Waals surface area contributed by atoms with Gasteiger partial charge in [-0.05, 0) is 24.3 Å². The van der Waals surface area contributed by atoms with Gasteiger partial charge < -0.3 is 5.11 Å². The van der Waals surface area contributed by atoms with E-state index in [1.807, 2.05) is 0 Å². The minimum atomic E-state index is -0.867. The van der Waals surface area contributed by atoms with E-state index >= 15 is 0 Å². The molecule has 0 atom stereocenters. The molecule has 100 valence electrons. The van der Waals surface area contributed by atoms with Gasteiger partial charge >= 0.3 is 0 Å². The van der Waals surface area contributed by atoms with E-state index in [-0.39, 0.29) is 22.3 Å². The van der Waals surface area contributed by atoms with Crippen molar-refractivity contribution in [3.05, 3.63) is 64.7 Å². The Morgan fingerprint density at radius 1 is 1.15 bits per heavy atom. The highest BCUT2D eigenvalue weighted by Crippen LogP contribution is 2.20. The number of phenols is 1. The smallest absolute Gasteiger partial charge is 0.265 e. The molecule has 3 aromatic rings. The first-order chi connectivity index (χ1) is 9.58. The molecule has 2 aromatic carbocycles. The zero-order chi connectivity index (χ0) is 14.3. The van der Waals surface area contributed by atoms with E-state index in [0.29, 0.717) is 6.07 Å². The summed E-state index contributed by atoms with van der Waals surface area (Å²) in [5.41, 5.74) is -0.512. The van der Waals surface area contributed by atoms with Crippen molar-refractivity contribution in [2.45, 2.75) is 0 Å². The van der Waals surface area contributed by atoms with Crippen LogP contribution in [0.2, 0.25) is 0 Å². The molecule has 6 heteroatoms. The van der Waals surface area contributed by atoms with Crippen molar-refractivity contribution in [3.8, 4) is 11.4 Å². The zero-order valence-corrected chi connectivity index (χ0v) is 10.0. The number of nitrogens with zero attached hydrogens (tertiary/aromatic N) is 2. The Balaban J connectivity index is 2.33. The van der Waals surface area contributed by atoms with Crippen molar-refractivity contribution in [1.82, 2.24) is 9.55 Å². The molecule has 0 bridgehead atoms. The summed E-state index contributed by atoms with van der Waals surface area (Å²) in [5, 5.41) is 9.76. The molecule has 0 aliphatic rings. The lowest BCUT2D eigenvalue weighted by molar-refractivity contribution is 0.480. The summed E-state index contributed by atoms with van der Waals surface area (Å²) in [7, 11) is 0. The Morgan fingerprint density at radius 3 is 2.70 bits per heavy atom. The fourth-order valence-corrected chi connectivity index (χ4v) is 1.99. The second kappa shape index (κ2) is 4.41. The third-order valence-electron chi connectivity index (χ3n) is 2.94. The molecule has 1 N–H and O–H groups in total. The molecular formula is C14H8F2N2O2. The lowest BCUT2D eigenvalue weighted by Gasteiger charge is -2.08. The largest absolute Gasteiger partial charge is 0.506 e. The quantitative estimate of drug-likeness (QED) is 0.741. The molecule has 0 saturated heterocycles. The lowest BCUT2D eigenvalue weighted by Crippen LogP contribution is -2.19. The number of halogens is 2. The van der Waals surface area contributed by atoms with Gasteiger partial charge in [0.05, 0.1) is 11.1 Å². The molecule has 0 unspecified atom stereocenters. The Bertz CT molecular complexity index is 875. The molecule has 0 fully saturated rings. The maximum atomic E-state index is 13.7. The van der Waals surface area contributed by atoms with Crippen molar-refractivity contribution in [2.75, 3.05) is 0 Å². The number of para-hydroxylation sites is 1. The zero-order valence-electron chi connectivity index (χ0n) is 10.0. The number of hydrogen-bond acceptors (Lipinski definition) is 3. The van der Waals surface area contributed by atoms with Crippen LogP contribution in [0, 0.1) is 11.6 Å². The monoisotopic (exact) mass is 274 g/mol. The van der Waals surface area contributed by atoms with Crippen molar-refractivity contribution in [3.63, 3.8) is 0 Å².